The number of hydrazine groups is 1. The topological polar surface area (TPSA) is 84.6 Å². The Hall–Kier alpha value is -0.810. The van der Waals surface area contributed by atoms with Gasteiger partial charge in [0.15, 0.2) is 6.29 Å². The molecule has 5 nitrogen and oxygen atoms in total. The van der Waals surface area contributed by atoms with Gasteiger partial charge in [-0.3, -0.25) is 5.43 Å². The Morgan fingerprint density at radius 2 is 2.50 bits per heavy atom. The van der Waals surface area contributed by atoms with Crippen molar-refractivity contribution in [1.29, 1.82) is 0 Å². The number of nitrogens with one attached hydrogen (secondary N) is 1. The lowest BCUT2D eigenvalue weighted by Gasteiger charge is -2.03. The summed E-state index contributed by atoms with van der Waals surface area (Å²) < 4.78 is 4.08. The van der Waals surface area contributed by atoms with E-state index in [-0.39, 0.29) is 0 Å². The molecular weight excluding hydrogens is 112 g/mol. The summed E-state index contributed by atoms with van der Waals surface area (Å²) in [6.45, 7) is 1.30. The fourth-order valence-corrected chi connectivity index (χ4v) is 0.189. The molecule has 48 valence electrons. The molecule has 1 unspecified atom stereocenters. The van der Waals surface area contributed by atoms with E-state index in [1.165, 1.54) is 6.92 Å². The van der Waals surface area contributed by atoms with Gasteiger partial charge in [-0.25, -0.2) is 10.6 Å². The van der Waals surface area contributed by atoms with Gasteiger partial charge in [-0.1, -0.05) is 0 Å². The number of amides is 1. The van der Waals surface area contributed by atoms with Crippen LogP contribution in [0.2, 0.25) is 0 Å². The van der Waals surface area contributed by atoms with Crippen LogP contribution in [0.5, 0.6) is 0 Å². The third-order valence-electron chi connectivity index (χ3n) is 0.395. The van der Waals surface area contributed by atoms with E-state index in [4.69, 9.17) is 5.11 Å². The van der Waals surface area contributed by atoms with Gasteiger partial charge in [0.1, 0.15) is 0 Å². The summed E-state index contributed by atoms with van der Waals surface area (Å²) in [5, 5.41) is 8.32. The van der Waals surface area contributed by atoms with Crippen molar-refractivity contribution in [3.05, 3.63) is 0 Å². The number of ether oxygens (including phenoxy) is 1. The number of carbonyl (C=O) groups excluding carboxylic acids is 1. The molecule has 0 aliphatic heterocycles. The van der Waals surface area contributed by atoms with Gasteiger partial charge in [-0.15, -0.1) is 0 Å². The zero-order valence-electron chi connectivity index (χ0n) is 4.42. The maximum absolute atomic E-state index is 10.0. The molecule has 4 N–H and O–H groups in total. The smallest absolute Gasteiger partial charge is 0.419 e. The number of nitrogens with two attached hydrogens (primary N) is 1. The van der Waals surface area contributed by atoms with Gasteiger partial charge in [0.25, 0.3) is 0 Å². The molecule has 0 saturated carbocycles. The molecule has 0 bridgehead atoms. The van der Waals surface area contributed by atoms with Gasteiger partial charge in [0.2, 0.25) is 0 Å². The molecule has 5 heteroatoms. The van der Waals surface area contributed by atoms with Crippen LogP contribution in [0.15, 0.2) is 0 Å². The van der Waals surface area contributed by atoms with Crippen LogP contribution in [0.3, 0.4) is 0 Å². The standard InChI is InChI=1S/C3H8N2O3/c1-2(6)8-3(7)5-4/h2,6H,4H2,1H3,(H,5,7). The van der Waals surface area contributed by atoms with Crippen molar-refractivity contribution in [3.63, 3.8) is 0 Å². The van der Waals surface area contributed by atoms with Crippen molar-refractivity contribution in [1.82, 2.24) is 5.43 Å². The number of hydrogen-bond donors (Lipinski definition) is 3. The maximum Gasteiger partial charge on any atom is 0.423 e. The molecule has 0 aromatic heterocycles. The van der Waals surface area contributed by atoms with E-state index in [1.54, 1.807) is 5.43 Å². The van der Waals surface area contributed by atoms with Crippen LogP contribution < -0.4 is 11.3 Å². The third kappa shape index (κ3) is 3.38. The first kappa shape index (κ1) is 7.19. The van der Waals surface area contributed by atoms with E-state index in [0.717, 1.165) is 0 Å². The van der Waals surface area contributed by atoms with Gasteiger partial charge >= 0.3 is 6.09 Å². The van der Waals surface area contributed by atoms with E-state index in [9.17, 15) is 4.79 Å². The molecule has 0 saturated heterocycles. The molecule has 8 heavy (non-hydrogen) atoms. The Balaban J connectivity index is 3.25. The average molecular weight is 120 g/mol. The number of rotatable bonds is 1. The Labute approximate surface area is 46.4 Å². The molecule has 0 aliphatic carbocycles. The highest BCUT2D eigenvalue weighted by Gasteiger charge is 2.00. The minimum atomic E-state index is -1.11. The number of hydrogen-bond acceptors (Lipinski definition) is 4. The van der Waals surface area contributed by atoms with Crippen LogP contribution in [0.25, 0.3) is 0 Å². The van der Waals surface area contributed by atoms with Crippen LogP contribution in [0.4, 0.5) is 4.79 Å². The highest BCUT2D eigenvalue weighted by molar-refractivity contribution is 5.66. The second-order valence-electron chi connectivity index (χ2n) is 1.15. The van der Waals surface area contributed by atoms with Crippen LogP contribution in [0, 0.1) is 0 Å². The molecule has 0 aromatic carbocycles. The summed E-state index contributed by atoms with van der Waals surface area (Å²) in [5.74, 6) is 4.58. The first-order valence-corrected chi connectivity index (χ1v) is 2.02. The van der Waals surface area contributed by atoms with Crippen molar-refractivity contribution >= 4 is 6.09 Å². The molecular formula is C3H8N2O3. The maximum atomic E-state index is 10.0. The van der Waals surface area contributed by atoms with Gasteiger partial charge in [0.05, 0.1) is 0 Å². The van der Waals surface area contributed by atoms with E-state index in [1.807, 2.05) is 0 Å². The summed E-state index contributed by atoms with van der Waals surface area (Å²) in [6.07, 6.45) is -1.96. The predicted molar refractivity (Wildman–Crippen MR) is 25.5 cm³/mol. The minimum Gasteiger partial charge on any atom is -0.419 e. The largest absolute Gasteiger partial charge is 0.423 e. The highest BCUT2D eigenvalue weighted by Crippen LogP contribution is 1.81. The molecule has 1 atom stereocenters. The monoisotopic (exact) mass is 120 g/mol. The van der Waals surface area contributed by atoms with Gasteiger partial charge in [0, 0.05) is 0 Å². The molecule has 0 heterocycles. The summed E-state index contributed by atoms with van der Waals surface area (Å²) in [5.41, 5.74) is 1.68. The normalized spacial score (nSPS) is 12.4. The first-order chi connectivity index (χ1) is 3.66. The van der Waals surface area contributed by atoms with Crippen molar-refractivity contribution in [2.24, 2.45) is 5.84 Å². The Morgan fingerprint density at radius 3 is 2.62 bits per heavy atom. The first-order valence-electron chi connectivity index (χ1n) is 2.02. The van der Waals surface area contributed by atoms with E-state index in [2.05, 4.69) is 10.6 Å². The molecule has 1 amide bonds. The van der Waals surface area contributed by atoms with Crippen molar-refractivity contribution in [3.8, 4) is 0 Å². The molecule has 0 aromatic rings. The molecule has 0 aliphatic rings. The van der Waals surface area contributed by atoms with Gasteiger partial charge < -0.3 is 9.84 Å². The summed E-state index contributed by atoms with van der Waals surface area (Å²) in [4.78, 5) is 10.0. The second kappa shape index (κ2) is 3.23. The Bertz CT molecular complexity index is 82.6. The van der Waals surface area contributed by atoms with E-state index in [0.29, 0.717) is 0 Å². The van der Waals surface area contributed by atoms with Crippen molar-refractivity contribution in [2.75, 3.05) is 0 Å². The predicted octanol–water partition coefficient (Wildman–Crippen LogP) is -1.08. The average Bonchev–Trinajstić information content (AvgIpc) is 1.65. The van der Waals surface area contributed by atoms with Crippen molar-refractivity contribution in [2.45, 2.75) is 13.2 Å². The number of aliphatic hydroxyl groups is 1. The lowest BCUT2D eigenvalue weighted by atomic mass is 10.8. The Kier molecular flexibility index (Phi) is 2.90. The van der Waals surface area contributed by atoms with E-state index < -0.39 is 12.4 Å². The fourth-order valence-electron chi connectivity index (χ4n) is 0.189. The molecule has 0 fully saturated rings. The van der Waals surface area contributed by atoms with Crippen LogP contribution in [-0.4, -0.2) is 17.5 Å². The fraction of sp³-hybridized carbons (Fsp3) is 0.667. The third-order valence-corrected chi connectivity index (χ3v) is 0.395. The zero-order chi connectivity index (χ0) is 6.57. The van der Waals surface area contributed by atoms with Crippen LogP contribution in [0.1, 0.15) is 6.92 Å². The summed E-state index contributed by atoms with van der Waals surface area (Å²) in [6, 6.07) is 0. The lowest BCUT2D eigenvalue weighted by molar-refractivity contribution is -0.0371. The summed E-state index contributed by atoms with van der Waals surface area (Å²) in [7, 11) is 0. The minimum absolute atomic E-state index is 0.847. The lowest BCUT2D eigenvalue weighted by Crippen LogP contribution is -2.32. The van der Waals surface area contributed by atoms with Crippen molar-refractivity contribution < 1.29 is 14.6 Å². The van der Waals surface area contributed by atoms with Gasteiger partial charge in [-0.05, 0) is 6.92 Å². The van der Waals surface area contributed by atoms with E-state index >= 15 is 0 Å². The Morgan fingerprint density at radius 1 is 2.00 bits per heavy atom. The molecule has 0 spiro atoms. The SMILES string of the molecule is CC(O)OC(=O)NN. The van der Waals surface area contributed by atoms with Crippen LogP contribution in [-0.2, 0) is 4.74 Å². The second-order valence-corrected chi connectivity index (χ2v) is 1.15. The molecule has 0 radical (unpaired) electrons. The zero-order valence-corrected chi connectivity index (χ0v) is 4.42. The van der Waals surface area contributed by atoms with Crippen LogP contribution >= 0.6 is 0 Å². The quantitative estimate of drug-likeness (QED) is 0.178. The number of aliphatic hydroxyl groups excluding tert-OH is 1. The number of carbonyl (C=O) groups is 1. The molecule has 0 rings (SSSR count). The van der Waals surface area contributed by atoms with Gasteiger partial charge in [-0.2, -0.15) is 0 Å². The summed E-state index contributed by atoms with van der Waals surface area (Å²) >= 11 is 0. The highest BCUT2D eigenvalue weighted by atomic mass is 16.6.